The van der Waals surface area contributed by atoms with E-state index in [4.69, 9.17) is 0 Å². The summed E-state index contributed by atoms with van der Waals surface area (Å²) in [4.78, 5) is 8.14. The highest BCUT2D eigenvalue weighted by Crippen LogP contribution is 2.25. The van der Waals surface area contributed by atoms with E-state index >= 15 is 0 Å². The molecule has 0 atom stereocenters. The van der Waals surface area contributed by atoms with Gasteiger partial charge in [-0.3, -0.25) is 0 Å². The molecule has 0 saturated heterocycles. The van der Waals surface area contributed by atoms with E-state index < -0.39 is 12.2 Å². The summed E-state index contributed by atoms with van der Waals surface area (Å²) in [7, 11) is 0. The predicted molar refractivity (Wildman–Crippen MR) is 75.9 cm³/mol. The monoisotopic (exact) mass is 295 g/mol. The van der Waals surface area contributed by atoms with E-state index in [9.17, 15) is 13.2 Å². The molecule has 1 heterocycles. The van der Waals surface area contributed by atoms with Crippen LogP contribution < -0.4 is 5.32 Å². The highest BCUT2D eigenvalue weighted by Gasteiger charge is 2.14. The minimum absolute atomic E-state index is 0.0989. The van der Waals surface area contributed by atoms with Gasteiger partial charge in [-0.15, -0.1) is 0 Å². The van der Waals surface area contributed by atoms with Crippen LogP contribution in [0.1, 0.15) is 31.0 Å². The van der Waals surface area contributed by atoms with Gasteiger partial charge in [0.25, 0.3) is 6.43 Å². The summed E-state index contributed by atoms with van der Waals surface area (Å²) in [6, 6.07) is 5.79. The van der Waals surface area contributed by atoms with Gasteiger partial charge >= 0.3 is 0 Å². The molecular weight excluding hydrogens is 279 g/mol. The second-order valence-electron chi connectivity index (χ2n) is 4.65. The summed E-state index contributed by atoms with van der Waals surface area (Å²) in [5.41, 5.74) is 0.512. The van der Waals surface area contributed by atoms with Crippen molar-refractivity contribution in [3.8, 4) is 11.4 Å². The van der Waals surface area contributed by atoms with Gasteiger partial charge in [-0.2, -0.15) is 0 Å². The van der Waals surface area contributed by atoms with Gasteiger partial charge in [0.1, 0.15) is 0 Å². The molecule has 0 spiro atoms. The maximum absolute atomic E-state index is 13.9. The van der Waals surface area contributed by atoms with Crippen LogP contribution in [0.25, 0.3) is 11.4 Å². The van der Waals surface area contributed by atoms with E-state index in [1.54, 1.807) is 6.07 Å². The Hall–Kier alpha value is -2.11. The van der Waals surface area contributed by atoms with Crippen molar-refractivity contribution in [1.82, 2.24) is 9.97 Å². The number of aryl methyl sites for hydroxylation is 1. The van der Waals surface area contributed by atoms with Crippen molar-refractivity contribution in [2.75, 3.05) is 11.9 Å². The van der Waals surface area contributed by atoms with Gasteiger partial charge in [-0.25, -0.2) is 23.1 Å². The molecule has 2 aromatic rings. The van der Waals surface area contributed by atoms with E-state index in [-0.39, 0.29) is 22.9 Å². The van der Waals surface area contributed by atoms with Gasteiger partial charge in [-0.05, 0) is 19.4 Å². The Balaban J connectivity index is 2.44. The topological polar surface area (TPSA) is 37.8 Å². The zero-order valence-electron chi connectivity index (χ0n) is 11.8. The van der Waals surface area contributed by atoms with E-state index in [0.717, 1.165) is 6.42 Å². The predicted octanol–water partition coefficient (Wildman–Crippen LogP) is 4.35. The van der Waals surface area contributed by atoms with Crippen molar-refractivity contribution in [2.45, 2.75) is 26.7 Å². The summed E-state index contributed by atoms with van der Waals surface area (Å²) in [5, 5.41) is 2.88. The first-order valence-electron chi connectivity index (χ1n) is 6.69. The van der Waals surface area contributed by atoms with Crippen LogP contribution in [-0.2, 0) is 0 Å². The number of anilines is 1. The van der Waals surface area contributed by atoms with Crippen LogP contribution in [0, 0.1) is 12.7 Å². The third kappa shape index (κ3) is 3.51. The van der Waals surface area contributed by atoms with E-state index in [1.165, 1.54) is 25.1 Å². The minimum atomic E-state index is -2.57. The van der Waals surface area contributed by atoms with Crippen LogP contribution in [0.3, 0.4) is 0 Å². The highest BCUT2D eigenvalue weighted by atomic mass is 19.3. The summed E-state index contributed by atoms with van der Waals surface area (Å²) in [5.74, 6) is -0.186. The number of benzene rings is 1. The molecule has 1 aromatic heterocycles. The first kappa shape index (κ1) is 15.3. The second-order valence-corrected chi connectivity index (χ2v) is 4.65. The molecule has 0 aliphatic carbocycles. The lowest BCUT2D eigenvalue weighted by molar-refractivity contribution is 0.151. The van der Waals surface area contributed by atoms with Crippen molar-refractivity contribution >= 4 is 5.82 Å². The summed E-state index contributed by atoms with van der Waals surface area (Å²) in [6.07, 6.45) is -1.75. The molecule has 0 aliphatic rings. The quantitative estimate of drug-likeness (QED) is 0.891. The van der Waals surface area contributed by atoms with Gasteiger partial charge in [0, 0.05) is 17.7 Å². The number of hydrogen-bond acceptors (Lipinski definition) is 3. The Morgan fingerprint density at radius 2 is 2.00 bits per heavy atom. The SMILES string of the molecule is CCCNc1nc(-c2cccc(C(F)F)c2)nc(C)c1F. The van der Waals surface area contributed by atoms with Crippen LogP contribution >= 0.6 is 0 Å². The second kappa shape index (κ2) is 6.56. The summed E-state index contributed by atoms with van der Waals surface area (Å²) in [6.45, 7) is 4.05. The highest BCUT2D eigenvalue weighted by molar-refractivity contribution is 5.59. The van der Waals surface area contributed by atoms with Gasteiger partial charge in [0.15, 0.2) is 17.5 Å². The third-order valence-corrected chi connectivity index (χ3v) is 2.96. The summed E-state index contributed by atoms with van der Waals surface area (Å²) < 4.78 is 39.4. The number of rotatable bonds is 5. The molecule has 0 unspecified atom stereocenters. The Labute approximate surface area is 121 Å². The molecule has 0 saturated carbocycles. The van der Waals surface area contributed by atoms with E-state index in [0.29, 0.717) is 12.1 Å². The molecule has 2 rings (SSSR count). The molecule has 1 aromatic carbocycles. The Kier molecular flexibility index (Phi) is 4.77. The number of alkyl halides is 2. The molecule has 3 nitrogen and oxygen atoms in total. The molecule has 0 bridgehead atoms. The van der Waals surface area contributed by atoms with Crippen molar-refractivity contribution in [1.29, 1.82) is 0 Å². The smallest absolute Gasteiger partial charge is 0.263 e. The fourth-order valence-electron chi connectivity index (χ4n) is 1.86. The van der Waals surface area contributed by atoms with Crippen LogP contribution in [0.5, 0.6) is 0 Å². The average Bonchev–Trinajstić information content (AvgIpc) is 2.48. The van der Waals surface area contributed by atoms with Crippen LogP contribution in [-0.4, -0.2) is 16.5 Å². The lowest BCUT2D eigenvalue weighted by Gasteiger charge is -2.10. The van der Waals surface area contributed by atoms with Crippen molar-refractivity contribution in [2.24, 2.45) is 0 Å². The number of halogens is 3. The maximum atomic E-state index is 13.9. The van der Waals surface area contributed by atoms with Crippen LogP contribution in [0.4, 0.5) is 19.0 Å². The Morgan fingerprint density at radius 1 is 1.24 bits per heavy atom. The standard InChI is InChI=1S/C15H16F3N3/c1-3-7-19-15-12(16)9(2)20-14(21-15)11-6-4-5-10(8-11)13(17)18/h4-6,8,13H,3,7H2,1-2H3,(H,19,20,21). The molecule has 1 N–H and O–H groups in total. The lowest BCUT2D eigenvalue weighted by Crippen LogP contribution is -2.08. The average molecular weight is 295 g/mol. The zero-order valence-corrected chi connectivity index (χ0v) is 11.8. The zero-order chi connectivity index (χ0) is 15.4. The molecular formula is C15H16F3N3. The largest absolute Gasteiger partial charge is 0.368 e. The number of nitrogens with one attached hydrogen (secondary N) is 1. The van der Waals surface area contributed by atoms with Gasteiger partial charge in [0.05, 0.1) is 5.69 Å². The van der Waals surface area contributed by atoms with Crippen molar-refractivity contribution in [3.05, 3.63) is 41.3 Å². The molecule has 112 valence electrons. The minimum Gasteiger partial charge on any atom is -0.368 e. The van der Waals surface area contributed by atoms with Crippen molar-refractivity contribution in [3.63, 3.8) is 0 Å². The number of hydrogen-bond donors (Lipinski definition) is 1. The number of aromatic nitrogens is 2. The fraction of sp³-hybridized carbons (Fsp3) is 0.333. The lowest BCUT2D eigenvalue weighted by atomic mass is 10.1. The third-order valence-electron chi connectivity index (χ3n) is 2.96. The van der Waals surface area contributed by atoms with Gasteiger partial charge in [-0.1, -0.05) is 25.1 Å². The van der Waals surface area contributed by atoms with E-state index in [2.05, 4.69) is 15.3 Å². The fourth-order valence-corrected chi connectivity index (χ4v) is 1.86. The molecule has 0 fully saturated rings. The van der Waals surface area contributed by atoms with Crippen LogP contribution in [0.2, 0.25) is 0 Å². The first-order chi connectivity index (χ1) is 10.0. The Bertz CT molecular complexity index is 630. The van der Waals surface area contributed by atoms with Gasteiger partial charge < -0.3 is 5.32 Å². The molecule has 0 aliphatic heterocycles. The molecule has 21 heavy (non-hydrogen) atoms. The number of nitrogens with zero attached hydrogens (tertiary/aromatic N) is 2. The molecule has 0 amide bonds. The van der Waals surface area contributed by atoms with Crippen molar-refractivity contribution < 1.29 is 13.2 Å². The normalized spacial score (nSPS) is 11.0. The van der Waals surface area contributed by atoms with Gasteiger partial charge in [0.2, 0.25) is 0 Å². The van der Waals surface area contributed by atoms with Crippen LogP contribution in [0.15, 0.2) is 24.3 Å². The van der Waals surface area contributed by atoms with E-state index in [1.807, 2.05) is 6.92 Å². The molecule has 0 radical (unpaired) electrons. The molecule has 6 heteroatoms. The Morgan fingerprint density at radius 3 is 2.67 bits per heavy atom. The maximum Gasteiger partial charge on any atom is 0.263 e. The summed E-state index contributed by atoms with van der Waals surface area (Å²) >= 11 is 0. The first-order valence-corrected chi connectivity index (χ1v) is 6.69.